The molecule has 1 saturated heterocycles. The molecule has 0 saturated carbocycles. The Morgan fingerprint density at radius 2 is 2.03 bits per heavy atom. The molecule has 7 nitrogen and oxygen atoms in total. The summed E-state index contributed by atoms with van der Waals surface area (Å²) in [6.45, 7) is 6.02. The van der Waals surface area contributed by atoms with Crippen LogP contribution >= 0.6 is 46.3 Å². The molecule has 2 aromatic heterocycles. The Morgan fingerprint density at radius 3 is 2.63 bits per heavy atom. The average molecular weight is 489 g/mol. The SMILES string of the molecule is CCN1CCC(CCNC(=O)c2cc([N+](=O)[O-])c(Sc3c(Cl)cncc3Cl)s2)CC1. The number of piperidine rings is 1. The zero-order valence-electron chi connectivity index (χ0n) is 16.4. The van der Waals surface area contributed by atoms with Gasteiger partial charge in [0.1, 0.15) is 9.09 Å². The van der Waals surface area contributed by atoms with Crippen LogP contribution in [-0.4, -0.2) is 46.9 Å². The van der Waals surface area contributed by atoms with E-state index >= 15 is 0 Å². The van der Waals surface area contributed by atoms with Crippen molar-refractivity contribution in [3.63, 3.8) is 0 Å². The van der Waals surface area contributed by atoms with Gasteiger partial charge in [-0.15, -0.1) is 11.3 Å². The van der Waals surface area contributed by atoms with Crippen molar-refractivity contribution in [2.75, 3.05) is 26.2 Å². The van der Waals surface area contributed by atoms with Crippen molar-refractivity contribution < 1.29 is 9.72 Å². The molecule has 0 aliphatic carbocycles. The molecule has 1 fully saturated rings. The first-order valence-corrected chi connectivity index (χ1v) is 12.0. The van der Waals surface area contributed by atoms with E-state index in [1.165, 1.54) is 18.5 Å². The van der Waals surface area contributed by atoms with Gasteiger partial charge in [0.15, 0.2) is 0 Å². The van der Waals surface area contributed by atoms with Crippen LogP contribution in [0.1, 0.15) is 35.9 Å². The smallest absolute Gasteiger partial charge is 0.294 e. The van der Waals surface area contributed by atoms with Gasteiger partial charge in [-0.05, 0) is 44.8 Å². The number of carbonyl (C=O) groups excluding carboxylic acids is 1. The van der Waals surface area contributed by atoms with Crippen molar-refractivity contribution >= 4 is 57.9 Å². The normalized spacial score (nSPS) is 15.3. The van der Waals surface area contributed by atoms with E-state index in [1.54, 1.807) is 0 Å². The third kappa shape index (κ3) is 5.85. The molecule has 1 N–H and O–H groups in total. The standard InChI is InChI=1S/C19H22Cl2N4O3S2/c1-2-24-7-4-12(5-8-24)3-6-23-18(26)16-9-15(25(27)28)19(29-16)30-17-13(20)10-22-11-14(17)21/h9-12H,2-8H2,1H3,(H,23,26). The van der Waals surface area contributed by atoms with Crippen LogP contribution in [0.3, 0.4) is 0 Å². The lowest BCUT2D eigenvalue weighted by molar-refractivity contribution is -0.387. The molecule has 1 aliphatic heterocycles. The third-order valence-electron chi connectivity index (χ3n) is 5.10. The van der Waals surface area contributed by atoms with Gasteiger partial charge in [0, 0.05) is 25.0 Å². The minimum atomic E-state index is -0.500. The molecule has 3 rings (SSSR count). The number of thiophene rings is 1. The van der Waals surface area contributed by atoms with E-state index in [4.69, 9.17) is 23.2 Å². The Hall–Kier alpha value is -1.39. The van der Waals surface area contributed by atoms with Crippen LogP contribution in [0.25, 0.3) is 0 Å². The number of nitrogens with zero attached hydrogens (tertiary/aromatic N) is 3. The fourth-order valence-electron chi connectivity index (χ4n) is 3.33. The van der Waals surface area contributed by atoms with Crippen molar-refractivity contribution in [3.8, 4) is 0 Å². The van der Waals surface area contributed by atoms with Gasteiger partial charge in [-0.25, -0.2) is 0 Å². The average Bonchev–Trinajstić information content (AvgIpc) is 3.16. The summed E-state index contributed by atoms with van der Waals surface area (Å²) in [7, 11) is 0. The lowest BCUT2D eigenvalue weighted by atomic mass is 9.93. The summed E-state index contributed by atoms with van der Waals surface area (Å²) in [5.41, 5.74) is -0.133. The zero-order valence-corrected chi connectivity index (χ0v) is 19.5. The number of nitro groups is 1. The van der Waals surface area contributed by atoms with Crippen LogP contribution < -0.4 is 5.32 Å². The van der Waals surface area contributed by atoms with Crippen molar-refractivity contribution in [1.29, 1.82) is 0 Å². The summed E-state index contributed by atoms with van der Waals surface area (Å²) in [5.74, 6) is 0.306. The number of pyridine rings is 1. The monoisotopic (exact) mass is 488 g/mol. The molecular weight excluding hydrogens is 467 g/mol. The fraction of sp³-hybridized carbons (Fsp3) is 0.474. The number of rotatable bonds is 8. The Labute approximate surface area is 193 Å². The van der Waals surface area contributed by atoms with Crippen molar-refractivity contribution in [1.82, 2.24) is 15.2 Å². The number of amides is 1. The maximum absolute atomic E-state index is 12.6. The predicted molar refractivity (Wildman–Crippen MR) is 121 cm³/mol. The Morgan fingerprint density at radius 1 is 1.37 bits per heavy atom. The van der Waals surface area contributed by atoms with E-state index in [9.17, 15) is 14.9 Å². The van der Waals surface area contributed by atoms with Gasteiger partial charge < -0.3 is 10.2 Å². The lowest BCUT2D eigenvalue weighted by Gasteiger charge is -2.30. The highest BCUT2D eigenvalue weighted by Gasteiger charge is 2.25. The van der Waals surface area contributed by atoms with Crippen LogP contribution in [0.4, 0.5) is 5.69 Å². The van der Waals surface area contributed by atoms with E-state index in [-0.39, 0.29) is 11.6 Å². The Kier molecular flexibility index (Phi) is 8.35. The van der Waals surface area contributed by atoms with Gasteiger partial charge in [-0.1, -0.05) is 41.9 Å². The molecule has 0 unspecified atom stereocenters. The predicted octanol–water partition coefficient (Wildman–Crippen LogP) is 5.36. The lowest BCUT2D eigenvalue weighted by Crippen LogP contribution is -2.35. The number of nitrogens with one attached hydrogen (secondary N) is 1. The molecule has 162 valence electrons. The Bertz CT molecular complexity index is 897. The third-order valence-corrected chi connectivity index (χ3v) is 8.35. The molecule has 11 heteroatoms. The summed E-state index contributed by atoms with van der Waals surface area (Å²) in [5, 5.41) is 15.0. The van der Waals surface area contributed by atoms with Crippen LogP contribution in [0, 0.1) is 16.0 Å². The molecule has 1 amide bonds. The highest BCUT2D eigenvalue weighted by Crippen LogP contribution is 2.45. The molecule has 0 radical (unpaired) electrons. The van der Waals surface area contributed by atoms with Crippen LogP contribution in [0.2, 0.25) is 10.0 Å². The fourth-order valence-corrected chi connectivity index (χ4v) is 6.11. The largest absolute Gasteiger partial charge is 0.351 e. The molecule has 30 heavy (non-hydrogen) atoms. The molecule has 1 aliphatic rings. The number of hydrogen-bond donors (Lipinski definition) is 1. The summed E-state index contributed by atoms with van der Waals surface area (Å²) < 4.78 is 0.354. The first-order chi connectivity index (χ1) is 14.4. The minimum absolute atomic E-state index is 0.133. The van der Waals surface area contributed by atoms with E-state index in [0.717, 1.165) is 62.0 Å². The first-order valence-electron chi connectivity index (χ1n) is 9.64. The molecular formula is C19H22Cl2N4O3S2. The van der Waals surface area contributed by atoms with Gasteiger partial charge in [-0.3, -0.25) is 19.9 Å². The first kappa shape index (κ1) is 23.3. The van der Waals surface area contributed by atoms with Crippen LogP contribution in [0.15, 0.2) is 27.6 Å². The molecule has 2 aromatic rings. The number of halogens is 2. The number of aromatic nitrogens is 1. The zero-order chi connectivity index (χ0) is 21.7. The number of carbonyl (C=O) groups is 1. The topological polar surface area (TPSA) is 88.4 Å². The molecule has 0 bridgehead atoms. The van der Waals surface area contributed by atoms with Gasteiger partial charge in [0.25, 0.3) is 11.6 Å². The van der Waals surface area contributed by atoms with Gasteiger partial charge >= 0.3 is 0 Å². The molecule has 3 heterocycles. The summed E-state index contributed by atoms with van der Waals surface area (Å²) in [6.07, 6.45) is 6.05. The molecule has 0 spiro atoms. The summed E-state index contributed by atoms with van der Waals surface area (Å²) in [4.78, 5) is 30.6. The van der Waals surface area contributed by atoms with Gasteiger partial charge in [0.05, 0.1) is 19.9 Å². The highest BCUT2D eigenvalue weighted by atomic mass is 35.5. The Balaban J connectivity index is 1.62. The van der Waals surface area contributed by atoms with Crippen LogP contribution in [0.5, 0.6) is 0 Å². The second-order valence-electron chi connectivity index (χ2n) is 7.00. The van der Waals surface area contributed by atoms with Crippen molar-refractivity contribution in [3.05, 3.63) is 43.5 Å². The van der Waals surface area contributed by atoms with Gasteiger partial charge in [0.2, 0.25) is 0 Å². The maximum Gasteiger partial charge on any atom is 0.294 e. The van der Waals surface area contributed by atoms with Crippen molar-refractivity contribution in [2.24, 2.45) is 5.92 Å². The van der Waals surface area contributed by atoms with E-state index in [2.05, 4.69) is 22.1 Å². The second-order valence-corrected chi connectivity index (χ2v) is 10.1. The van der Waals surface area contributed by atoms with Crippen LogP contribution in [-0.2, 0) is 0 Å². The quantitative estimate of drug-likeness (QED) is 0.397. The van der Waals surface area contributed by atoms with Gasteiger partial charge in [-0.2, -0.15) is 0 Å². The molecule has 0 atom stereocenters. The second kappa shape index (κ2) is 10.8. The number of likely N-dealkylation sites (tertiary alicyclic amines) is 1. The number of hydrogen-bond acceptors (Lipinski definition) is 7. The highest BCUT2D eigenvalue weighted by molar-refractivity contribution is 8.01. The minimum Gasteiger partial charge on any atom is -0.351 e. The van der Waals surface area contributed by atoms with E-state index in [0.29, 0.717) is 36.5 Å². The maximum atomic E-state index is 12.6. The molecule has 0 aromatic carbocycles. The van der Waals surface area contributed by atoms with E-state index < -0.39 is 4.92 Å². The van der Waals surface area contributed by atoms with E-state index in [1.807, 2.05) is 0 Å². The summed E-state index contributed by atoms with van der Waals surface area (Å²) >= 11 is 14.4. The van der Waals surface area contributed by atoms with Crippen molar-refractivity contribution in [2.45, 2.75) is 35.3 Å². The summed E-state index contributed by atoms with van der Waals surface area (Å²) in [6, 6.07) is 1.31.